The van der Waals surface area contributed by atoms with Gasteiger partial charge in [0.25, 0.3) is 0 Å². The summed E-state index contributed by atoms with van der Waals surface area (Å²) in [6.45, 7) is 0. The van der Waals surface area contributed by atoms with Gasteiger partial charge in [0.1, 0.15) is 11.2 Å². The second kappa shape index (κ2) is 4.77. The molecule has 0 bridgehead atoms. The number of hydrogen-bond acceptors (Lipinski definition) is 3. The van der Waals surface area contributed by atoms with E-state index >= 15 is 0 Å². The number of aromatic nitrogens is 3. The van der Waals surface area contributed by atoms with E-state index in [9.17, 15) is 4.79 Å². The molecule has 0 radical (unpaired) electrons. The van der Waals surface area contributed by atoms with Crippen molar-refractivity contribution in [3.05, 3.63) is 52.0 Å². The molecule has 5 nitrogen and oxygen atoms in total. The third kappa shape index (κ3) is 1.92. The molecule has 0 atom stereocenters. The normalized spacial score (nSPS) is 10.9. The standard InChI is InChI=1S/C13H7Cl2N3O2/c14-8-4-2-5-9(15)12(8)18-10-6-1-3-7(13(19)20)11(10)16-17-18/h1-6H,(H,19,20). The number of hydrogen-bond donors (Lipinski definition) is 1. The first-order valence-electron chi connectivity index (χ1n) is 5.61. The maximum absolute atomic E-state index is 11.2. The molecule has 3 rings (SSSR count). The molecular formula is C13H7Cl2N3O2. The van der Waals surface area contributed by atoms with E-state index in [1.54, 1.807) is 30.3 Å². The predicted octanol–water partition coefficient (Wildman–Crippen LogP) is 3.43. The minimum atomic E-state index is -1.06. The molecule has 20 heavy (non-hydrogen) atoms. The highest BCUT2D eigenvalue weighted by Gasteiger charge is 2.17. The zero-order chi connectivity index (χ0) is 14.3. The highest BCUT2D eigenvalue weighted by molar-refractivity contribution is 6.37. The smallest absolute Gasteiger partial charge is 0.338 e. The fraction of sp³-hybridized carbons (Fsp3) is 0. The molecule has 0 aliphatic heterocycles. The number of nitrogens with zero attached hydrogens (tertiary/aromatic N) is 3. The summed E-state index contributed by atoms with van der Waals surface area (Å²) in [5, 5.41) is 17.8. The molecule has 0 aliphatic rings. The maximum atomic E-state index is 11.2. The van der Waals surface area contributed by atoms with Crippen LogP contribution in [0.4, 0.5) is 0 Å². The number of carboxylic acids is 1. The van der Waals surface area contributed by atoms with Crippen LogP contribution in [0.5, 0.6) is 0 Å². The number of aromatic carboxylic acids is 1. The Morgan fingerprint density at radius 3 is 2.40 bits per heavy atom. The van der Waals surface area contributed by atoms with Gasteiger partial charge in [-0.1, -0.05) is 40.5 Å². The van der Waals surface area contributed by atoms with E-state index < -0.39 is 5.97 Å². The lowest BCUT2D eigenvalue weighted by Gasteiger charge is -2.07. The van der Waals surface area contributed by atoms with Gasteiger partial charge in [0, 0.05) is 0 Å². The number of para-hydroxylation sites is 1. The molecule has 1 heterocycles. The van der Waals surface area contributed by atoms with Crippen molar-refractivity contribution in [2.45, 2.75) is 0 Å². The van der Waals surface area contributed by atoms with Crippen LogP contribution in [0.1, 0.15) is 10.4 Å². The van der Waals surface area contributed by atoms with E-state index in [1.807, 2.05) is 0 Å². The molecule has 1 aromatic heterocycles. The summed E-state index contributed by atoms with van der Waals surface area (Å²) in [6.07, 6.45) is 0. The van der Waals surface area contributed by atoms with Gasteiger partial charge in [-0.25, -0.2) is 9.48 Å². The fourth-order valence-corrected chi connectivity index (χ4v) is 2.53. The van der Waals surface area contributed by atoms with Crippen LogP contribution in [0.15, 0.2) is 36.4 Å². The zero-order valence-corrected chi connectivity index (χ0v) is 11.4. The molecule has 0 fully saturated rings. The van der Waals surface area contributed by atoms with E-state index in [1.165, 1.54) is 10.7 Å². The number of carbonyl (C=O) groups is 1. The lowest BCUT2D eigenvalue weighted by Crippen LogP contribution is -1.99. The highest BCUT2D eigenvalue weighted by Crippen LogP contribution is 2.30. The summed E-state index contributed by atoms with van der Waals surface area (Å²) in [4.78, 5) is 11.2. The SMILES string of the molecule is O=C(O)c1cccc2c1nnn2-c1c(Cl)cccc1Cl. The summed E-state index contributed by atoms with van der Waals surface area (Å²) in [5.41, 5.74) is 1.37. The Balaban J connectivity index is 2.34. The lowest BCUT2D eigenvalue weighted by molar-refractivity contribution is 0.0699. The molecule has 1 N–H and O–H groups in total. The van der Waals surface area contributed by atoms with Gasteiger partial charge in [-0.05, 0) is 24.3 Å². The van der Waals surface area contributed by atoms with Crippen molar-refractivity contribution >= 4 is 40.2 Å². The molecule has 0 spiro atoms. The van der Waals surface area contributed by atoms with E-state index in [4.69, 9.17) is 28.3 Å². The number of halogens is 2. The molecule has 0 aliphatic carbocycles. The van der Waals surface area contributed by atoms with Gasteiger partial charge < -0.3 is 5.11 Å². The van der Waals surface area contributed by atoms with Gasteiger partial charge in [-0.2, -0.15) is 0 Å². The van der Waals surface area contributed by atoms with Gasteiger partial charge in [-0.3, -0.25) is 0 Å². The van der Waals surface area contributed by atoms with Crippen LogP contribution >= 0.6 is 23.2 Å². The zero-order valence-electron chi connectivity index (χ0n) is 9.92. The van der Waals surface area contributed by atoms with E-state index in [-0.39, 0.29) is 11.1 Å². The highest BCUT2D eigenvalue weighted by atomic mass is 35.5. The first-order chi connectivity index (χ1) is 9.59. The van der Waals surface area contributed by atoms with Gasteiger partial charge >= 0.3 is 5.97 Å². The van der Waals surface area contributed by atoms with Crippen LogP contribution in [-0.2, 0) is 0 Å². The first-order valence-corrected chi connectivity index (χ1v) is 6.37. The second-order valence-electron chi connectivity index (χ2n) is 4.05. The minimum Gasteiger partial charge on any atom is -0.478 e. The number of carboxylic acid groups (broad SMARTS) is 1. The Hall–Kier alpha value is -2.11. The van der Waals surface area contributed by atoms with Crippen LogP contribution < -0.4 is 0 Å². The monoisotopic (exact) mass is 307 g/mol. The molecule has 7 heteroatoms. The third-order valence-electron chi connectivity index (χ3n) is 2.86. The lowest BCUT2D eigenvalue weighted by atomic mass is 10.2. The van der Waals surface area contributed by atoms with E-state index in [2.05, 4.69) is 10.3 Å². The van der Waals surface area contributed by atoms with Crippen molar-refractivity contribution in [1.82, 2.24) is 15.0 Å². The van der Waals surface area contributed by atoms with Crippen LogP contribution in [0.25, 0.3) is 16.7 Å². The maximum Gasteiger partial charge on any atom is 0.338 e. The van der Waals surface area contributed by atoms with Crippen LogP contribution in [0.2, 0.25) is 10.0 Å². The van der Waals surface area contributed by atoms with Crippen molar-refractivity contribution in [3.63, 3.8) is 0 Å². The van der Waals surface area contributed by atoms with Crippen LogP contribution in [-0.4, -0.2) is 26.1 Å². The number of benzene rings is 2. The Morgan fingerprint density at radius 1 is 1.10 bits per heavy atom. The van der Waals surface area contributed by atoms with Gasteiger partial charge in [0.05, 0.1) is 21.1 Å². The Kier molecular flexibility index (Phi) is 3.08. The van der Waals surface area contributed by atoms with Gasteiger partial charge in [0.2, 0.25) is 0 Å². The molecular weight excluding hydrogens is 301 g/mol. The van der Waals surface area contributed by atoms with E-state index in [0.29, 0.717) is 21.2 Å². The molecule has 0 amide bonds. The fourth-order valence-electron chi connectivity index (χ4n) is 1.97. The summed E-state index contributed by atoms with van der Waals surface area (Å²) in [5.74, 6) is -1.06. The molecule has 0 unspecified atom stereocenters. The average Bonchev–Trinajstić information content (AvgIpc) is 2.82. The Labute approximate surface area is 123 Å². The molecule has 0 saturated heterocycles. The Bertz CT molecular complexity index is 809. The number of rotatable bonds is 2. The summed E-state index contributed by atoms with van der Waals surface area (Å²) in [6, 6.07) is 9.88. The van der Waals surface area contributed by atoms with Crippen LogP contribution in [0, 0.1) is 0 Å². The quantitative estimate of drug-likeness (QED) is 0.787. The summed E-state index contributed by atoms with van der Waals surface area (Å²) < 4.78 is 1.44. The van der Waals surface area contributed by atoms with Crippen molar-refractivity contribution in [1.29, 1.82) is 0 Å². The second-order valence-corrected chi connectivity index (χ2v) is 4.86. The number of fused-ring (bicyclic) bond motifs is 1. The largest absolute Gasteiger partial charge is 0.478 e. The predicted molar refractivity (Wildman–Crippen MR) is 75.8 cm³/mol. The van der Waals surface area contributed by atoms with Crippen molar-refractivity contribution in [2.75, 3.05) is 0 Å². The van der Waals surface area contributed by atoms with Crippen molar-refractivity contribution in [3.8, 4) is 5.69 Å². The topological polar surface area (TPSA) is 68.0 Å². The summed E-state index contributed by atoms with van der Waals surface area (Å²) >= 11 is 12.3. The molecule has 0 saturated carbocycles. The first kappa shape index (κ1) is 12.9. The molecule has 100 valence electrons. The summed E-state index contributed by atoms with van der Waals surface area (Å²) in [7, 11) is 0. The van der Waals surface area contributed by atoms with Crippen LogP contribution in [0.3, 0.4) is 0 Å². The molecule has 2 aromatic carbocycles. The van der Waals surface area contributed by atoms with Gasteiger partial charge in [0.15, 0.2) is 0 Å². The Morgan fingerprint density at radius 2 is 1.75 bits per heavy atom. The van der Waals surface area contributed by atoms with Crippen molar-refractivity contribution in [2.24, 2.45) is 0 Å². The third-order valence-corrected chi connectivity index (χ3v) is 3.47. The van der Waals surface area contributed by atoms with Gasteiger partial charge in [-0.15, -0.1) is 5.10 Å². The van der Waals surface area contributed by atoms with Crippen molar-refractivity contribution < 1.29 is 9.90 Å². The minimum absolute atomic E-state index is 0.0805. The molecule has 3 aromatic rings. The average molecular weight is 308 g/mol. The van der Waals surface area contributed by atoms with E-state index in [0.717, 1.165) is 0 Å².